The SMILES string of the molecule is CC1CCN(C(=O)c2cc(Br)ccc2I)C(C)C1. The molecule has 2 rings (SSSR count). The molecular formula is C14H17BrINO. The number of carbonyl (C=O) groups is 1. The summed E-state index contributed by atoms with van der Waals surface area (Å²) in [6.07, 6.45) is 2.22. The molecule has 1 aliphatic rings. The first-order valence-corrected chi connectivity index (χ1v) is 8.12. The highest BCUT2D eigenvalue weighted by Crippen LogP contribution is 2.26. The second kappa shape index (κ2) is 5.90. The Morgan fingerprint density at radius 2 is 2.17 bits per heavy atom. The minimum Gasteiger partial charge on any atom is -0.336 e. The average molecular weight is 422 g/mol. The second-order valence-electron chi connectivity index (χ2n) is 5.10. The molecule has 1 aromatic rings. The molecule has 1 heterocycles. The molecule has 0 aromatic heterocycles. The van der Waals surface area contributed by atoms with Gasteiger partial charge >= 0.3 is 0 Å². The first kappa shape index (κ1) is 14.3. The van der Waals surface area contributed by atoms with Crippen LogP contribution in [0.2, 0.25) is 0 Å². The first-order valence-electron chi connectivity index (χ1n) is 6.25. The van der Waals surface area contributed by atoms with Crippen LogP contribution in [0.25, 0.3) is 0 Å². The van der Waals surface area contributed by atoms with E-state index in [0.717, 1.165) is 38.9 Å². The van der Waals surface area contributed by atoms with E-state index in [-0.39, 0.29) is 5.91 Å². The highest BCUT2D eigenvalue weighted by atomic mass is 127. The molecule has 0 N–H and O–H groups in total. The molecule has 1 aromatic carbocycles. The van der Waals surface area contributed by atoms with E-state index < -0.39 is 0 Å². The van der Waals surface area contributed by atoms with Crippen molar-refractivity contribution in [2.24, 2.45) is 5.92 Å². The van der Waals surface area contributed by atoms with E-state index in [1.807, 2.05) is 23.1 Å². The summed E-state index contributed by atoms with van der Waals surface area (Å²) in [5.41, 5.74) is 0.811. The number of benzene rings is 1. The van der Waals surface area contributed by atoms with Crippen molar-refractivity contribution in [2.45, 2.75) is 32.7 Å². The van der Waals surface area contributed by atoms with Crippen LogP contribution in [0.3, 0.4) is 0 Å². The lowest BCUT2D eigenvalue weighted by Crippen LogP contribution is -2.44. The zero-order chi connectivity index (χ0) is 13.3. The molecule has 1 fully saturated rings. The number of hydrogen-bond donors (Lipinski definition) is 0. The fourth-order valence-corrected chi connectivity index (χ4v) is 3.45. The largest absolute Gasteiger partial charge is 0.336 e. The zero-order valence-corrected chi connectivity index (χ0v) is 14.4. The third-order valence-corrected chi connectivity index (χ3v) is 4.99. The first-order chi connectivity index (χ1) is 8.49. The number of hydrogen-bond acceptors (Lipinski definition) is 1. The van der Waals surface area contributed by atoms with Gasteiger partial charge in [-0.2, -0.15) is 0 Å². The van der Waals surface area contributed by atoms with E-state index in [0.29, 0.717) is 6.04 Å². The number of halogens is 2. The van der Waals surface area contributed by atoms with Crippen molar-refractivity contribution in [3.05, 3.63) is 31.8 Å². The van der Waals surface area contributed by atoms with Crippen molar-refractivity contribution in [1.82, 2.24) is 4.90 Å². The molecule has 1 amide bonds. The second-order valence-corrected chi connectivity index (χ2v) is 7.18. The molecule has 18 heavy (non-hydrogen) atoms. The topological polar surface area (TPSA) is 20.3 Å². The molecule has 0 aliphatic carbocycles. The Morgan fingerprint density at radius 3 is 2.83 bits per heavy atom. The molecule has 1 saturated heterocycles. The summed E-state index contributed by atoms with van der Waals surface area (Å²) in [5.74, 6) is 0.894. The molecule has 2 unspecified atom stereocenters. The number of carbonyl (C=O) groups excluding carboxylic acids is 1. The molecule has 98 valence electrons. The van der Waals surface area contributed by atoms with Gasteiger partial charge in [0.15, 0.2) is 0 Å². The van der Waals surface area contributed by atoms with Crippen LogP contribution in [-0.4, -0.2) is 23.4 Å². The van der Waals surface area contributed by atoms with E-state index in [1.165, 1.54) is 0 Å². The quantitative estimate of drug-likeness (QED) is 0.618. The summed E-state index contributed by atoms with van der Waals surface area (Å²) in [5, 5.41) is 0. The van der Waals surface area contributed by atoms with Crippen LogP contribution in [0.1, 0.15) is 37.0 Å². The van der Waals surface area contributed by atoms with Gasteiger partial charge in [0.1, 0.15) is 0 Å². The predicted molar refractivity (Wildman–Crippen MR) is 85.8 cm³/mol. The summed E-state index contributed by atoms with van der Waals surface area (Å²) in [7, 11) is 0. The van der Waals surface area contributed by atoms with Gasteiger partial charge in [-0.1, -0.05) is 22.9 Å². The number of nitrogens with zero attached hydrogens (tertiary/aromatic N) is 1. The van der Waals surface area contributed by atoms with E-state index in [4.69, 9.17) is 0 Å². The van der Waals surface area contributed by atoms with Crippen LogP contribution in [0.4, 0.5) is 0 Å². The molecule has 0 radical (unpaired) electrons. The van der Waals surface area contributed by atoms with Crippen molar-refractivity contribution in [1.29, 1.82) is 0 Å². The fraction of sp³-hybridized carbons (Fsp3) is 0.500. The Bertz CT molecular complexity index is 463. The van der Waals surface area contributed by atoms with Crippen molar-refractivity contribution in [2.75, 3.05) is 6.54 Å². The normalized spacial score (nSPS) is 24.1. The molecule has 0 bridgehead atoms. The third-order valence-electron chi connectivity index (χ3n) is 3.56. The molecule has 2 atom stereocenters. The lowest BCUT2D eigenvalue weighted by Gasteiger charge is -2.36. The number of likely N-dealkylation sites (tertiary alicyclic amines) is 1. The van der Waals surface area contributed by atoms with Gasteiger partial charge in [-0.25, -0.2) is 0 Å². The van der Waals surface area contributed by atoms with Crippen molar-refractivity contribution >= 4 is 44.4 Å². The summed E-state index contributed by atoms with van der Waals surface area (Å²) in [4.78, 5) is 14.6. The summed E-state index contributed by atoms with van der Waals surface area (Å²) < 4.78 is 1.98. The standard InChI is InChI=1S/C14H17BrINO/c1-9-5-6-17(10(2)7-9)14(18)12-8-11(15)3-4-13(12)16/h3-4,8-10H,5-7H2,1-2H3. The Hall–Kier alpha value is -0.100. The van der Waals surface area contributed by atoms with Crippen LogP contribution < -0.4 is 0 Å². The van der Waals surface area contributed by atoms with Gasteiger partial charge in [0.05, 0.1) is 5.56 Å². The number of piperidine rings is 1. The Labute approximate surface area is 130 Å². The summed E-state index contributed by atoms with van der Waals surface area (Å²) in [6, 6.07) is 6.22. The third kappa shape index (κ3) is 3.07. The lowest BCUT2D eigenvalue weighted by molar-refractivity contribution is 0.0587. The van der Waals surface area contributed by atoms with Gasteiger partial charge in [0.2, 0.25) is 0 Å². The van der Waals surface area contributed by atoms with Crippen LogP contribution in [0.15, 0.2) is 22.7 Å². The van der Waals surface area contributed by atoms with Crippen LogP contribution in [0.5, 0.6) is 0 Å². The molecular weight excluding hydrogens is 405 g/mol. The number of amides is 1. The maximum absolute atomic E-state index is 12.6. The van der Waals surface area contributed by atoms with Gasteiger partial charge in [-0.3, -0.25) is 4.79 Å². The van der Waals surface area contributed by atoms with Crippen LogP contribution >= 0.6 is 38.5 Å². The molecule has 4 heteroatoms. The van der Waals surface area contributed by atoms with Crippen molar-refractivity contribution < 1.29 is 4.79 Å². The van der Waals surface area contributed by atoms with Gasteiger partial charge in [0.25, 0.3) is 5.91 Å². The average Bonchev–Trinajstić information content (AvgIpc) is 2.31. The number of rotatable bonds is 1. The maximum Gasteiger partial charge on any atom is 0.255 e. The van der Waals surface area contributed by atoms with Crippen molar-refractivity contribution in [3.8, 4) is 0 Å². The van der Waals surface area contributed by atoms with Gasteiger partial charge < -0.3 is 4.90 Å². The lowest BCUT2D eigenvalue weighted by atomic mass is 9.93. The van der Waals surface area contributed by atoms with Gasteiger partial charge in [-0.05, 0) is 66.5 Å². The minimum atomic E-state index is 0.167. The summed E-state index contributed by atoms with van der Waals surface area (Å²) >= 11 is 5.67. The van der Waals surface area contributed by atoms with E-state index in [9.17, 15) is 4.79 Å². The van der Waals surface area contributed by atoms with Crippen LogP contribution in [-0.2, 0) is 0 Å². The van der Waals surface area contributed by atoms with E-state index in [1.54, 1.807) is 0 Å². The highest BCUT2D eigenvalue weighted by Gasteiger charge is 2.28. The molecule has 2 nitrogen and oxygen atoms in total. The fourth-order valence-electron chi connectivity index (χ4n) is 2.53. The highest BCUT2D eigenvalue weighted by molar-refractivity contribution is 14.1. The molecule has 0 spiro atoms. The van der Waals surface area contributed by atoms with E-state index >= 15 is 0 Å². The van der Waals surface area contributed by atoms with Crippen LogP contribution in [0, 0.1) is 9.49 Å². The molecule has 1 aliphatic heterocycles. The van der Waals surface area contributed by atoms with Gasteiger partial charge in [0, 0.05) is 20.6 Å². The molecule has 0 saturated carbocycles. The summed E-state index contributed by atoms with van der Waals surface area (Å²) in [6.45, 7) is 5.29. The predicted octanol–water partition coefficient (Wildman–Crippen LogP) is 4.31. The van der Waals surface area contributed by atoms with E-state index in [2.05, 4.69) is 52.4 Å². The minimum absolute atomic E-state index is 0.167. The van der Waals surface area contributed by atoms with Gasteiger partial charge in [-0.15, -0.1) is 0 Å². The smallest absolute Gasteiger partial charge is 0.255 e. The Balaban J connectivity index is 2.23. The Morgan fingerprint density at radius 1 is 1.44 bits per heavy atom. The van der Waals surface area contributed by atoms with Crippen molar-refractivity contribution in [3.63, 3.8) is 0 Å². The Kier molecular flexibility index (Phi) is 4.69. The zero-order valence-electron chi connectivity index (χ0n) is 10.6. The maximum atomic E-state index is 12.6. The monoisotopic (exact) mass is 421 g/mol.